The molecule has 0 saturated heterocycles. The van der Waals surface area contributed by atoms with Crippen molar-refractivity contribution in [2.75, 3.05) is 0 Å². The van der Waals surface area contributed by atoms with Crippen molar-refractivity contribution in [2.24, 2.45) is 5.92 Å². The number of nitrogens with zero attached hydrogens (tertiary/aromatic N) is 1. The Morgan fingerprint density at radius 2 is 1.62 bits per heavy atom. The lowest BCUT2D eigenvalue weighted by molar-refractivity contribution is 0.265. The van der Waals surface area contributed by atoms with Gasteiger partial charge in [0.25, 0.3) is 0 Å². The third-order valence-corrected chi connectivity index (χ3v) is 6.90. The van der Waals surface area contributed by atoms with Crippen LogP contribution in [0.5, 0.6) is 0 Å². The minimum absolute atomic E-state index is 0.135. The van der Waals surface area contributed by atoms with Crippen LogP contribution in [0.1, 0.15) is 63.6 Å². The highest BCUT2D eigenvalue weighted by Crippen LogP contribution is 2.44. The van der Waals surface area contributed by atoms with Crippen LogP contribution < -0.4 is 0 Å². The summed E-state index contributed by atoms with van der Waals surface area (Å²) in [4.78, 5) is 4.74. The second-order valence-corrected chi connectivity index (χ2v) is 8.58. The van der Waals surface area contributed by atoms with Crippen molar-refractivity contribution in [3.05, 3.63) is 77.5 Å². The van der Waals surface area contributed by atoms with E-state index in [0.29, 0.717) is 5.92 Å². The normalized spacial score (nSPS) is 13.5. The minimum atomic E-state index is 0.135. The second kappa shape index (κ2) is 8.95. The monoisotopic (exact) mass is 385 g/mol. The molecule has 1 aromatic heterocycles. The van der Waals surface area contributed by atoms with E-state index in [-0.39, 0.29) is 5.41 Å². The van der Waals surface area contributed by atoms with Gasteiger partial charge in [0.05, 0.1) is 5.69 Å². The predicted molar refractivity (Wildman–Crippen MR) is 126 cm³/mol. The standard InChI is InChI=1S/C28H35N/c1-7-23(8-2)28(6,9-3)26-16-15-22(24-18-20(4)13-14-21(24)5)19-25(26)27-12-10-11-17-29-27/h10-19,23H,7-9H2,1-6H3. The van der Waals surface area contributed by atoms with E-state index in [9.17, 15) is 0 Å². The van der Waals surface area contributed by atoms with Gasteiger partial charge < -0.3 is 0 Å². The van der Waals surface area contributed by atoms with Gasteiger partial charge in [0.1, 0.15) is 0 Å². The number of hydrogen-bond acceptors (Lipinski definition) is 1. The predicted octanol–water partition coefficient (Wildman–Crippen LogP) is 8.14. The maximum Gasteiger partial charge on any atom is 0.0705 e. The molecule has 0 amide bonds. The van der Waals surface area contributed by atoms with Crippen LogP contribution >= 0.6 is 0 Å². The molecule has 0 aliphatic rings. The quantitative estimate of drug-likeness (QED) is 0.400. The number of aryl methyl sites for hydroxylation is 2. The van der Waals surface area contributed by atoms with E-state index in [2.05, 4.69) is 90.1 Å². The van der Waals surface area contributed by atoms with Crippen molar-refractivity contribution in [1.82, 2.24) is 4.98 Å². The molecule has 0 aliphatic carbocycles. The smallest absolute Gasteiger partial charge is 0.0705 e. The third-order valence-electron chi connectivity index (χ3n) is 6.90. The first-order valence-corrected chi connectivity index (χ1v) is 11.1. The van der Waals surface area contributed by atoms with Gasteiger partial charge in [0, 0.05) is 11.8 Å². The molecule has 0 N–H and O–H groups in total. The number of rotatable bonds is 7. The molecule has 2 aromatic carbocycles. The van der Waals surface area contributed by atoms with Crippen molar-refractivity contribution >= 4 is 0 Å². The first-order chi connectivity index (χ1) is 13.9. The Bertz CT molecular complexity index is 953. The van der Waals surface area contributed by atoms with Gasteiger partial charge in [0.2, 0.25) is 0 Å². The second-order valence-electron chi connectivity index (χ2n) is 8.58. The average molecular weight is 386 g/mol. The third kappa shape index (κ3) is 4.15. The summed E-state index contributed by atoms with van der Waals surface area (Å²) in [7, 11) is 0. The molecule has 1 heteroatoms. The molecular formula is C28H35N. The van der Waals surface area contributed by atoms with Crippen LogP contribution in [0, 0.1) is 19.8 Å². The molecule has 0 bridgehead atoms. The highest BCUT2D eigenvalue weighted by atomic mass is 14.7. The van der Waals surface area contributed by atoms with Gasteiger partial charge in [-0.2, -0.15) is 0 Å². The fourth-order valence-electron chi connectivity index (χ4n) is 4.88. The summed E-state index contributed by atoms with van der Waals surface area (Å²) in [5, 5.41) is 0. The fraction of sp³-hybridized carbons (Fsp3) is 0.393. The summed E-state index contributed by atoms with van der Waals surface area (Å²) < 4.78 is 0. The molecular weight excluding hydrogens is 350 g/mol. The molecule has 3 aromatic rings. The highest BCUT2D eigenvalue weighted by Gasteiger charge is 2.34. The van der Waals surface area contributed by atoms with Gasteiger partial charge >= 0.3 is 0 Å². The summed E-state index contributed by atoms with van der Waals surface area (Å²) in [6, 6.07) is 20.0. The molecule has 0 fully saturated rings. The van der Waals surface area contributed by atoms with E-state index in [1.807, 2.05) is 12.3 Å². The van der Waals surface area contributed by atoms with Gasteiger partial charge in [-0.25, -0.2) is 0 Å². The minimum Gasteiger partial charge on any atom is -0.256 e. The molecule has 1 nitrogen and oxygen atoms in total. The van der Waals surface area contributed by atoms with Crippen LogP contribution in [0.25, 0.3) is 22.4 Å². The first-order valence-electron chi connectivity index (χ1n) is 11.1. The molecule has 3 rings (SSSR count). The Morgan fingerprint density at radius 3 is 2.24 bits per heavy atom. The lowest BCUT2D eigenvalue weighted by atomic mass is 9.66. The van der Waals surface area contributed by atoms with Gasteiger partial charge in [0.15, 0.2) is 0 Å². The van der Waals surface area contributed by atoms with Crippen LogP contribution in [-0.4, -0.2) is 4.98 Å². The molecule has 0 spiro atoms. The molecule has 152 valence electrons. The summed E-state index contributed by atoms with van der Waals surface area (Å²) in [5.41, 5.74) is 9.12. The maximum atomic E-state index is 4.74. The zero-order valence-electron chi connectivity index (χ0n) is 18.9. The van der Waals surface area contributed by atoms with Crippen molar-refractivity contribution < 1.29 is 0 Å². The number of aromatic nitrogens is 1. The highest BCUT2D eigenvalue weighted by molar-refractivity contribution is 5.76. The van der Waals surface area contributed by atoms with Gasteiger partial charge in [-0.15, -0.1) is 0 Å². The van der Waals surface area contributed by atoms with E-state index in [4.69, 9.17) is 4.98 Å². The fourth-order valence-corrected chi connectivity index (χ4v) is 4.88. The Morgan fingerprint density at radius 1 is 0.862 bits per heavy atom. The van der Waals surface area contributed by atoms with E-state index in [1.165, 1.54) is 46.2 Å². The van der Waals surface area contributed by atoms with Gasteiger partial charge in [-0.05, 0) is 72.1 Å². The molecule has 1 heterocycles. The van der Waals surface area contributed by atoms with Crippen LogP contribution in [0.4, 0.5) is 0 Å². The Kier molecular flexibility index (Phi) is 6.57. The SMILES string of the molecule is CCC(CC)C(C)(CC)c1ccc(-c2cc(C)ccc2C)cc1-c1ccccn1. The number of pyridine rings is 1. The average Bonchev–Trinajstić information content (AvgIpc) is 2.76. The van der Waals surface area contributed by atoms with Gasteiger partial charge in [-0.3, -0.25) is 4.98 Å². The van der Waals surface area contributed by atoms with E-state index >= 15 is 0 Å². The van der Waals surface area contributed by atoms with Crippen molar-refractivity contribution in [2.45, 2.75) is 66.2 Å². The molecule has 29 heavy (non-hydrogen) atoms. The topological polar surface area (TPSA) is 12.9 Å². The summed E-state index contributed by atoms with van der Waals surface area (Å²) >= 11 is 0. The van der Waals surface area contributed by atoms with Crippen LogP contribution in [0.3, 0.4) is 0 Å². The van der Waals surface area contributed by atoms with E-state index < -0.39 is 0 Å². The number of benzene rings is 2. The van der Waals surface area contributed by atoms with E-state index in [0.717, 1.165) is 12.1 Å². The molecule has 0 radical (unpaired) electrons. The van der Waals surface area contributed by atoms with Crippen molar-refractivity contribution in [1.29, 1.82) is 0 Å². The van der Waals surface area contributed by atoms with Crippen LogP contribution in [0.15, 0.2) is 60.8 Å². The van der Waals surface area contributed by atoms with E-state index in [1.54, 1.807) is 0 Å². The largest absolute Gasteiger partial charge is 0.256 e. The van der Waals surface area contributed by atoms with Crippen LogP contribution in [0.2, 0.25) is 0 Å². The lowest BCUT2D eigenvalue weighted by Crippen LogP contribution is -2.31. The Balaban J connectivity index is 2.26. The Labute approximate surface area is 177 Å². The lowest BCUT2D eigenvalue weighted by Gasteiger charge is -2.38. The Hall–Kier alpha value is -2.41. The van der Waals surface area contributed by atoms with Crippen molar-refractivity contribution in [3.63, 3.8) is 0 Å². The van der Waals surface area contributed by atoms with Crippen molar-refractivity contribution in [3.8, 4) is 22.4 Å². The summed E-state index contributed by atoms with van der Waals surface area (Å²) in [6.07, 6.45) is 5.43. The maximum absolute atomic E-state index is 4.74. The van der Waals surface area contributed by atoms with Gasteiger partial charge in [-0.1, -0.05) is 82.5 Å². The molecule has 0 aliphatic heterocycles. The number of hydrogen-bond donors (Lipinski definition) is 0. The first kappa shape index (κ1) is 21.3. The molecule has 0 saturated carbocycles. The zero-order chi connectivity index (χ0) is 21.0. The molecule has 1 atom stereocenters. The van der Waals surface area contributed by atoms with Crippen LogP contribution in [-0.2, 0) is 5.41 Å². The summed E-state index contributed by atoms with van der Waals surface area (Å²) in [5.74, 6) is 0.654. The summed E-state index contributed by atoms with van der Waals surface area (Å²) in [6.45, 7) is 13.8. The molecule has 1 unspecified atom stereocenters. The zero-order valence-corrected chi connectivity index (χ0v) is 18.9.